The molecule has 1 aromatic rings. The Hall–Kier alpha value is -2.66. The molecule has 2 rings (SSSR count). The van der Waals surface area contributed by atoms with Crippen molar-refractivity contribution in [2.24, 2.45) is 4.99 Å². The Bertz CT molecular complexity index is 794. The van der Waals surface area contributed by atoms with Gasteiger partial charge in [0.1, 0.15) is 5.75 Å². The lowest BCUT2D eigenvalue weighted by Gasteiger charge is -2.26. The van der Waals surface area contributed by atoms with Crippen molar-refractivity contribution in [2.75, 3.05) is 32.5 Å². The lowest BCUT2D eigenvalue weighted by molar-refractivity contribution is -0.159. The van der Waals surface area contributed by atoms with E-state index >= 15 is 0 Å². The van der Waals surface area contributed by atoms with Gasteiger partial charge in [-0.3, -0.25) is 14.6 Å². The van der Waals surface area contributed by atoms with Gasteiger partial charge in [0.15, 0.2) is 0 Å². The average molecular weight is 444 g/mol. The predicted octanol–water partition coefficient (Wildman–Crippen LogP) is 1.17. The van der Waals surface area contributed by atoms with Crippen LogP contribution in [0.25, 0.3) is 0 Å². The quantitative estimate of drug-likeness (QED) is 0.223. The van der Waals surface area contributed by atoms with Crippen molar-refractivity contribution in [3.63, 3.8) is 0 Å². The normalized spacial score (nSPS) is 14.6. The fourth-order valence-corrected chi connectivity index (χ4v) is 2.92. The highest BCUT2D eigenvalue weighted by atomic mass is 32.2. The van der Waals surface area contributed by atoms with Crippen LogP contribution in [0, 0.1) is 0 Å². The van der Waals surface area contributed by atoms with Crippen molar-refractivity contribution in [3.05, 3.63) is 29.8 Å². The van der Waals surface area contributed by atoms with E-state index in [1.54, 1.807) is 0 Å². The molecule has 0 aliphatic carbocycles. The van der Waals surface area contributed by atoms with Gasteiger partial charge in [0.2, 0.25) is 10.0 Å². The summed E-state index contributed by atoms with van der Waals surface area (Å²) in [4.78, 5) is 24.7. The van der Waals surface area contributed by atoms with E-state index in [1.807, 2.05) is 12.1 Å². The first-order valence-corrected chi connectivity index (χ1v) is 11.4. The zero-order chi connectivity index (χ0) is 22.4. The summed E-state index contributed by atoms with van der Waals surface area (Å²) in [6.45, 7) is 4.44. The zero-order valence-corrected chi connectivity index (χ0v) is 17.8. The molecule has 1 heterocycles. The summed E-state index contributed by atoms with van der Waals surface area (Å²) in [5.74, 6) is -2.77. The Balaban J connectivity index is 0.000000656. The lowest BCUT2D eigenvalue weighted by atomic mass is 10.1. The number of aliphatic carboxylic acids is 2. The monoisotopic (exact) mass is 443 g/mol. The molecule has 30 heavy (non-hydrogen) atoms. The van der Waals surface area contributed by atoms with Gasteiger partial charge in [0.25, 0.3) is 0 Å². The molecule has 0 amide bonds. The summed E-state index contributed by atoms with van der Waals surface area (Å²) in [6.07, 6.45) is 6.99. The smallest absolute Gasteiger partial charge is 0.414 e. The molecule has 1 aliphatic rings. The molecule has 0 radical (unpaired) electrons. The molecular weight excluding hydrogens is 414 g/mol. The number of nitrogens with zero attached hydrogens (tertiary/aromatic N) is 2. The SMILES string of the molecule is CS(=O)(=O)N/C=N/CCCOc1cccc(CN2CCCCC2)c1.O=C(O)C(=O)O. The molecular formula is C19H29N3O7S. The molecule has 168 valence electrons. The largest absolute Gasteiger partial charge is 0.494 e. The molecule has 11 heteroatoms. The van der Waals surface area contributed by atoms with Crippen LogP contribution in [0.4, 0.5) is 0 Å². The number of benzene rings is 1. The van der Waals surface area contributed by atoms with Crippen LogP contribution in [0.2, 0.25) is 0 Å². The Labute approximate surface area is 176 Å². The minimum atomic E-state index is -3.21. The lowest BCUT2D eigenvalue weighted by Crippen LogP contribution is -2.29. The molecule has 0 aromatic heterocycles. The Morgan fingerprint density at radius 1 is 1.20 bits per heavy atom. The van der Waals surface area contributed by atoms with Gasteiger partial charge in [-0.1, -0.05) is 18.6 Å². The maximum atomic E-state index is 10.8. The van der Waals surface area contributed by atoms with Crippen molar-refractivity contribution < 1.29 is 33.0 Å². The zero-order valence-electron chi connectivity index (χ0n) is 17.0. The van der Waals surface area contributed by atoms with Gasteiger partial charge in [0, 0.05) is 19.5 Å². The van der Waals surface area contributed by atoms with Crippen molar-refractivity contribution in [1.29, 1.82) is 0 Å². The minimum absolute atomic E-state index is 0.524. The molecule has 0 bridgehead atoms. The van der Waals surface area contributed by atoms with Crippen LogP contribution in [0.15, 0.2) is 29.3 Å². The summed E-state index contributed by atoms with van der Waals surface area (Å²) < 4.78 is 29.7. The molecule has 0 saturated carbocycles. The number of hydrogen-bond acceptors (Lipinski definition) is 7. The number of hydrogen-bond donors (Lipinski definition) is 3. The topological polar surface area (TPSA) is 146 Å². The van der Waals surface area contributed by atoms with Gasteiger partial charge < -0.3 is 14.9 Å². The molecule has 3 N–H and O–H groups in total. The summed E-state index contributed by atoms with van der Waals surface area (Å²) in [6, 6.07) is 8.24. The fraction of sp³-hybridized carbons (Fsp3) is 0.526. The van der Waals surface area contributed by atoms with E-state index in [9.17, 15) is 8.42 Å². The summed E-state index contributed by atoms with van der Waals surface area (Å²) >= 11 is 0. The highest BCUT2D eigenvalue weighted by molar-refractivity contribution is 7.89. The summed E-state index contributed by atoms with van der Waals surface area (Å²) in [7, 11) is -3.21. The van der Waals surface area contributed by atoms with Gasteiger partial charge in [-0.25, -0.2) is 18.0 Å². The predicted molar refractivity (Wildman–Crippen MR) is 112 cm³/mol. The second-order valence-electron chi connectivity index (χ2n) is 6.72. The Kier molecular flexibility index (Phi) is 11.5. The molecule has 1 aromatic carbocycles. The molecule has 1 aliphatic heterocycles. The van der Waals surface area contributed by atoms with Gasteiger partial charge in [-0.15, -0.1) is 0 Å². The number of piperidine rings is 1. The van der Waals surface area contributed by atoms with E-state index in [0.717, 1.165) is 25.0 Å². The summed E-state index contributed by atoms with van der Waals surface area (Å²) in [5, 5.41) is 14.8. The number of rotatable bonds is 9. The van der Waals surface area contributed by atoms with Gasteiger partial charge in [-0.2, -0.15) is 0 Å². The Morgan fingerprint density at radius 2 is 1.87 bits per heavy atom. The van der Waals surface area contributed by atoms with Crippen LogP contribution in [0.5, 0.6) is 5.75 Å². The van der Waals surface area contributed by atoms with Crippen LogP contribution in [0.3, 0.4) is 0 Å². The van der Waals surface area contributed by atoms with Crippen LogP contribution in [0.1, 0.15) is 31.2 Å². The van der Waals surface area contributed by atoms with E-state index in [2.05, 4.69) is 26.7 Å². The standard InChI is InChI=1S/C17H27N3O3S.C2H2O4/c1-24(21,22)19-15-18-9-6-12-23-17-8-5-7-16(13-17)14-20-10-3-2-4-11-20;3-1(4)2(5)6/h5,7-8,13,15H,2-4,6,9-12,14H2,1H3,(H,18,19);(H,3,4)(H,5,6). The second kappa shape index (κ2) is 13.5. The molecule has 0 spiro atoms. The fourth-order valence-electron chi connectivity index (χ4n) is 2.65. The first kappa shape index (κ1) is 25.4. The third kappa shape index (κ3) is 12.7. The molecule has 10 nitrogen and oxygen atoms in total. The Morgan fingerprint density at radius 3 is 2.47 bits per heavy atom. The average Bonchev–Trinajstić information content (AvgIpc) is 2.68. The van der Waals surface area contributed by atoms with Crippen molar-refractivity contribution in [2.45, 2.75) is 32.2 Å². The van der Waals surface area contributed by atoms with Gasteiger partial charge in [-0.05, 0) is 43.6 Å². The van der Waals surface area contributed by atoms with Crippen LogP contribution in [-0.4, -0.2) is 74.3 Å². The van der Waals surface area contributed by atoms with Gasteiger partial charge >= 0.3 is 11.9 Å². The number of aliphatic imine (C=N–C) groups is 1. The summed E-state index contributed by atoms with van der Waals surface area (Å²) in [5.41, 5.74) is 1.28. The molecule has 0 atom stereocenters. The van der Waals surface area contributed by atoms with E-state index in [0.29, 0.717) is 13.2 Å². The highest BCUT2D eigenvalue weighted by Gasteiger charge is 2.10. The first-order chi connectivity index (χ1) is 14.2. The minimum Gasteiger partial charge on any atom is -0.494 e. The maximum absolute atomic E-state index is 10.8. The number of carboxylic acid groups (broad SMARTS) is 2. The van der Waals surface area contributed by atoms with Crippen LogP contribution >= 0.6 is 0 Å². The van der Waals surface area contributed by atoms with Crippen LogP contribution < -0.4 is 9.46 Å². The van der Waals surface area contributed by atoms with E-state index in [1.165, 1.54) is 44.3 Å². The van der Waals surface area contributed by atoms with E-state index in [4.69, 9.17) is 24.5 Å². The second-order valence-corrected chi connectivity index (χ2v) is 8.50. The molecule has 0 unspecified atom stereocenters. The number of carbonyl (C=O) groups is 2. The first-order valence-electron chi connectivity index (χ1n) is 9.53. The van der Waals surface area contributed by atoms with Gasteiger partial charge in [0.05, 0.1) is 19.2 Å². The van der Waals surface area contributed by atoms with Crippen molar-refractivity contribution in [1.82, 2.24) is 9.62 Å². The number of nitrogens with one attached hydrogen (secondary N) is 1. The van der Waals surface area contributed by atoms with E-state index in [-0.39, 0.29) is 0 Å². The third-order valence-electron chi connectivity index (χ3n) is 3.99. The number of carboxylic acids is 2. The number of likely N-dealkylation sites (tertiary alicyclic amines) is 1. The highest BCUT2D eigenvalue weighted by Crippen LogP contribution is 2.17. The maximum Gasteiger partial charge on any atom is 0.414 e. The molecule has 1 fully saturated rings. The van der Waals surface area contributed by atoms with Crippen molar-refractivity contribution >= 4 is 28.3 Å². The number of sulfonamides is 1. The third-order valence-corrected chi connectivity index (χ3v) is 4.53. The number of ether oxygens (including phenoxy) is 1. The van der Waals surface area contributed by atoms with E-state index < -0.39 is 22.0 Å². The van der Waals surface area contributed by atoms with Crippen LogP contribution in [-0.2, 0) is 26.2 Å². The molecule has 1 saturated heterocycles. The van der Waals surface area contributed by atoms with Crippen molar-refractivity contribution in [3.8, 4) is 5.75 Å².